The normalized spacial score (nSPS) is 11.0. The van der Waals surface area contributed by atoms with Crippen molar-refractivity contribution in [3.05, 3.63) is 65.2 Å². The van der Waals surface area contributed by atoms with E-state index in [-0.39, 0.29) is 19.0 Å². The zero-order valence-electron chi connectivity index (χ0n) is 12.9. The van der Waals surface area contributed by atoms with Gasteiger partial charge in [0.2, 0.25) is 0 Å². The lowest BCUT2D eigenvalue weighted by Crippen LogP contribution is -2.35. The first-order chi connectivity index (χ1) is 11.8. The maximum Gasteiger partial charge on any atom is 0.417 e. The second-order valence-electron chi connectivity index (χ2n) is 5.07. The average molecular weight is 368 g/mol. The van der Waals surface area contributed by atoms with Gasteiger partial charge in [-0.05, 0) is 24.3 Å². The highest BCUT2D eigenvalue weighted by atomic mass is 32.1. The highest BCUT2D eigenvalue weighted by molar-refractivity contribution is 7.80. The van der Waals surface area contributed by atoms with Gasteiger partial charge in [0.15, 0.2) is 0 Å². The number of carbonyl (C=O) groups excluding carboxylic acids is 2. The first-order valence-corrected chi connectivity index (χ1v) is 7.76. The molecule has 25 heavy (non-hydrogen) atoms. The molecule has 0 heterocycles. The number of alkyl halides is 3. The minimum absolute atomic E-state index is 0.00843. The third-order valence-electron chi connectivity index (χ3n) is 3.32. The van der Waals surface area contributed by atoms with Gasteiger partial charge in [0.25, 0.3) is 11.8 Å². The van der Waals surface area contributed by atoms with Gasteiger partial charge in [-0.1, -0.05) is 24.3 Å². The monoisotopic (exact) mass is 368 g/mol. The number of rotatable bonds is 5. The summed E-state index contributed by atoms with van der Waals surface area (Å²) in [7, 11) is 0. The molecule has 0 saturated carbocycles. The largest absolute Gasteiger partial charge is 0.417 e. The molecule has 0 atom stereocenters. The Morgan fingerprint density at radius 1 is 0.840 bits per heavy atom. The van der Waals surface area contributed by atoms with Crippen molar-refractivity contribution >= 4 is 24.4 Å². The van der Waals surface area contributed by atoms with E-state index in [2.05, 4.69) is 23.3 Å². The van der Waals surface area contributed by atoms with Crippen LogP contribution in [-0.4, -0.2) is 24.9 Å². The van der Waals surface area contributed by atoms with Crippen molar-refractivity contribution in [3.8, 4) is 0 Å². The first kappa shape index (κ1) is 18.9. The van der Waals surface area contributed by atoms with Crippen LogP contribution in [0.5, 0.6) is 0 Å². The molecule has 0 aliphatic carbocycles. The standard InChI is InChI=1S/C17H15F3N2O2S/c18-17(19,20)13-7-3-1-5-11(13)15(23)21-9-10-22-16(24)12-6-2-4-8-14(12)25/h1-8,25H,9-10H2,(H,21,23)(H,22,24). The predicted molar refractivity (Wildman–Crippen MR) is 89.8 cm³/mol. The third-order valence-corrected chi connectivity index (χ3v) is 3.71. The molecule has 132 valence electrons. The summed E-state index contributed by atoms with van der Waals surface area (Å²) < 4.78 is 38.7. The molecule has 0 aliphatic heterocycles. The van der Waals surface area contributed by atoms with Gasteiger partial charge in [0.05, 0.1) is 16.7 Å². The van der Waals surface area contributed by atoms with E-state index in [1.165, 1.54) is 12.1 Å². The van der Waals surface area contributed by atoms with E-state index in [0.717, 1.165) is 12.1 Å². The molecular weight excluding hydrogens is 353 g/mol. The van der Waals surface area contributed by atoms with Crippen molar-refractivity contribution < 1.29 is 22.8 Å². The Bertz CT molecular complexity index is 778. The van der Waals surface area contributed by atoms with Gasteiger partial charge in [0.1, 0.15) is 0 Å². The van der Waals surface area contributed by atoms with Crippen LogP contribution in [0.2, 0.25) is 0 Å². The molecule has 2 amide bonds. The number of hydrogen-bond donors (Lipinski definition) is 3. The fourth-order valence-corrected chi connectivity index (χ4v) is 2.40. The molecule has 0 spiro atoms. The molecule has 0 saturated heterocycles. The molecule has 0 unspecified atom stereocenters. The number of thiol groups is 1. The molecule has 2 aromatic carbocycles. The third kappa shape index (κ3) is 4.99. The fourth-order valence-electron chi connectivity index (χ4n) is 2.14. The fraction of sp³-hybridized carbons (Fsp3) is 0.176. The van der Waals surface area contributed by atoms with E-state index in [9.17, 15) is 22.8 Å². The second kappa shape index (κ2) is 8.06. The topological polar surface area (TPSA) is 58.2 Å². The number of hydrogen-bond acceptors (Lipinski definition) is 3. The van der Waals surface area contributed by atoms with Gasteiger partial charge >= 0.3 is 6.18 Å². The Labute approximate surface area is 147 Å². The van der Waals surface area contributed by atoms with Crippen molar-refractivity contribution in [2.45, 2.75) is 11.1 Å². The van der Waals surface area contributed by atoms with Gasteiger partial charge in [-0.3, -0.25) is 9.59 Å². The van der Waals surface area contributed by atoms with E-state index in [1.807, 2.05) is 0 Å². The smallest absolute Gasteiger partial charge is 0.350 e. The molecule has 0 radical (unpaired) electrons. The van der Waals surface area contributed by atoms with Crippen LogP contribution in [0.15, 0.2) is 53.4 Å². The number of amides is 2. The van der Waals surface area contributed by atoms with Crippen LogP contribution in [0.3, 0.4) is 0 Å². The number of nitrogens with one attached hydrogen (secondary N) is 2. The Kier molecular flexibility index (Phi) is 6.08. The van der Waals surface area contributed by atoms with Crippen LogP contribution in [0, 0.1) is 0 Å². The van der Waals surface area contributed by atoms with Crippen LogP contribution < -0.4 is 10.6 Å². The molecule has 4 nitrogen and oxygen atoms in total. The first-order valence-electron chi connectivity index (χ1n) is 7.31. The van der Waals surface area contributed by atoms with Gasteiger partial charge in [0, 0.05) is 18.0 Å². The summed E-state index contributed by atoms with van der Waals surface area (Å²) in [6.45, 7) is 0.0619. The van der Waals surface area contributed by atoms with E-state index in [1.54, 1.807) is 24.3 Å². The molecule has 0 aromatic heterocycles. The van der Waals surface area contributed by atoms with Crippen LogP contribution in [0.25, 0.3) is 0 Å². The number of carbonyl (C=O) groups is 2. The van der Waals surface area contributed by atoms with Crippen LogP contribution in [-0.2, 0) is 6.18 Å². The summed E-state index contributed by atoms with van der Waals surface area (Å²) in [6, 6.07) is 11.2. The molecule has 0 fully saturated rings. The minimum Gasteiger partial charge on any atom is -0.350 e. The summed E-state index contributed by atoms with van der Waals surface area (Å²) in [5.41, 5.74) is -1.08. The Hall–Kier alpha value is -2.48. The Morgan fingerprint density at radius 3 is 1.88 bits per heavy atom. The van der Waals surface area contributed by atoms with Crippen molar-refractivity contribution in [2.24, 2.45) is 0 Å². The molecular formula is C17H15F3N2O2S. The van der Waals surface area contributed by atoms with Crippen LogP contribution in [0.1, 0.15) is 26.3 Å². The molecule has 2 aromatic rings. The van der Waals surface area contributed by atoms with Crippen molar-refractivity contribution in [1.29, 1.82) is 0 Å². The molecule has 2 N–H and O–H groups in total. The van der Waals surface area contributed by atoms with E-state index < -0.39 is 23.2 Å². The van der Waals surface area contributed by atoms with Crippen molar-refractivity contribution in [1.82, 2.24) is 10.6 Å². The minimum atomic E-state index is -4.61. The van der Waals surface area contributed by atoms with Gasteiger partial charge < -0.3 is 10.6 Å². The number of halogens is 3. The average Bonchev–Trinajstić information content (AvgIpc) is 2.58. The zero-order valence-corrected chi connectivity index (χ0v) is 13.8. The lowest BCUT2D eigenvalue weighted by atomic mass is 10.1. The SMILES string of the molecule is O=C(NCCNC(=O)c1ccccc1C(F)(F)F)c1ccccc1S. The second-order valence-corrected chi connectivity index (χ2v) is 5.55. The Balaban J connectivity index is 1.90. The molecule has 0 bridgehead atoms. The Morgan fingerprint density at radius 2 is 1.32 bits per heavy atom. The summed E-state index contributed by atoms with van der Waals surface area (Å²) in [4.78, 5) is 24.4. The van der Waals surface area contributed by atoms with E-state index in [0.29, 0.717) is 10.5 Å². The maximum absolute atomic E-state index is 12.9. The summed E-state index contributed by atoms with van der Waals surface area (Å²) in [5, 5.41) is 4.93. The lowest BCUT2D eigenvalue weighted by molar-refractivity contribution is -0.137. The molecule has 2 rings (SSSR count). The van der Waals surface area contributed by atoms with Gasteiger partial charge in [-0.2, -0.15) is 13.2 Å². The van der Waals surface area contributed by atoms with E-state index in [4.69, 9.17) is 0 Å². The van der Waals surface area contributed by atoms with Crippen LogP contribution >= 0.6 is 12.6 Å². The van der Waals surface area contributed by atoms with E-state index >= 15 is 0 Å². The predicted octanol–water partition coefficient (Wildman–Crippen LogP) is 3.15. The van der Waals surface area contributed by atoms with Gasteiger partial charge in [-0.15, -0.1) is 12.6 Å². The molecule has 8 heteroatoms. The van der Waals surface area contributed by atoms with Gasteiger partial charge in [-0.25, -0.2) is 0 Å². The van der Waals surface area contributed by atoms with Crippen LogP contribution in [0.4, 0.5) is 13.2 Å². The number of benzene rings is 2. The van der Waals surface area contributed by atoms with Crippen molar-refractivity contribution in [3.63, 3.8) is 0 Å². The summed E-state index contributed by atoms with van der Waals surface area (Å²) in [5.74, 6) is -1.23. The maximum atomic E-state index is 12.9. The highest BCUT2D eigenvalue weighted by Gasteiger charge is 2.34. The highest BCUT2D eigenvalue weighted by Crippen LogP contribution is 2.31. The lowest BCUT2D eigenvalue weighted by Gasteiger charge is -2.13. The molecule has 0 aliphatic rings. The zero-order chi connectivity index (χ0) is 18.4. The summed E-state index contributed by atoms with van der Waals surface area (Å²) >= 11 is 4.16. The summed E-state index contributed by atoms with van der Waals surface area (Å²) in [6.07, 6.45) is -4.61. The quantitative estimate of drug-likeness (QED) is 0.561. The van der Waals surface area contributed by atoms with Crippen molar-refractivity contribution in [2.75, 3.05) is 13.1 Å².